The van der Waals surface area contributed by atoms with Gasteiger partial charge in [-0.2, -0.15) is 0 Å². The maximum absolute atomic E-state index is 13.5. The number of benzene rings is 1. The SMILES string of the molecule is CNC(C)(COc1cc(F)c(Br)cc1[N+](=O)[O-])C(=O)OC. The Morgan fingerprint density at radius 2 is 2.19 bits per heavy atom. The summed E-state index contributed by atoms with van der Waals surface area (Å²) in [5.74, 6) is -1.59. The third-order valence-corrected chi connectivity index (χ3v) is 3.51. The lowest BCUT2D eigenvalue weighted by Crippen LogP contribution is -2.52. The van der Waals surface area contributed by atoms with Crippen LogP contribution < -0.4 is 10.1 Å². The zero-order valence-corrected chi connectivity index (χ0v) is 13.2. The Morgan fingerprint density at radius 3 is 2.67 bits per heavy atom. The van der Waals surface area contributed by atoms with Gasteiger partial charge in [-0.1, -0.05) is 0 Å². The Hall–Kier alpha value is -1.74. The van der Waals surface area contributed by atoms with Gasteiger partial charge in [-0.15, -0.1) is 0 Å². The van der Waals surface area contributed by atoms with E-state index in [-0.39, 0.29) is 16.8 Å². The fourth-order valence-electron chi connectivity index (χ4n) is 1.46. The summed E-state index contributed by atoms with van der Waals surface area (Å²) in [6, 6.07) is 1.88. The standard InChI is InChI=1S/C12H14BrFN2O5/c1-12(15-2,11(17)20-3)6-21-10-5-8(14)7(13)4-9(10)16(18)19/h4-5,15H,6H2,1-3H3. The van der Waals surface area contributed by atoms with Crippen molar-refractivity contribution in [2.45, 2.75) is 12.5 Å². The first-order chi connectivity index (χ1) is 9.75. The van der Waals surface area contributed by atoms with Crippen molar-refractivity contribution in [2.24, 2.45) is 0 Å². The molecule has 7 nitrogen and oxygen atoms in total. The first-order valence-corrected chi connectivity index (χ1v) is 6.58. The van der Waals surface area contributed by atoms with E-state index in [9.17, 15) is 19.3 Å². The number of nitrogens with one attached hydrogen (secondary N) is 1. The summed E-state index contributed by atoms with van der Waals surface area (Å²) in [7, 11) is 2.72. The smallest absolute Gasteiger partial charge is 0.329 e. The van der Waals surface area contributed by atoms with Crippen molar-refractivity contribution in [3.63, 3.8) is 0 Å². The molecular weight excluding hydrogens is 351 g/mol. The minimum Gasteiger partial charge on any atom is -0.484 e. The molecule has 9 heteroatoms. The van der Waals surface area contributed by atoms with Gasteiger partial charge < -0.3 is 14.8 Å². The van der Waals surface area contributed by atoms with Crippen LogP contribution in [-0.2, 0) is 9.53 Å². The Labute approximate surface area is 128 Å². The highest BCUT2D eigenvalue weighted by molar-refractivity contribution is 9.10. The first kappa shape index (κ1) is 17.3. The quantitative estimate of drug-likeness (QED) is 0.471. The molecule has 1 aromatic rings. The van der Waals surface area contributed by atoms with Crippen LogP contribution in [0.3, 0.4) is 0 Å². The summed E-state index contributed by atoms with van der Waals surface area (Å²) in [5.41, 5.74) is -1.63. The van der Waals surface area contributed by atoms with Crippen LogP contribution >= 0.6 is 15.9 Å². The summed E-state index contributed by atoms with van der Waals surface area (Å²) in [5, 5.41) is 13.6. The molecule has 1 N–H and O–H groups in total. The maximum atomic E-state index is 13.5. The van der Waals surface area contributed by atoms with Crippen LogP contribution in [0.2, 0.25) is 0 Å². The zero-order valence-electron chi connectivity index (χ0n) is 11.6. The highest BCUT2D eigenvalue weighted by Crippen LogP contribution is 2.33. The second-order valence-electron chi connectivity index (χ2n) is 4.35. The largest absolute Gasteiger partial charge is 0.484 e. The van der Waals surface area contributed by atoms with Crippen molar-refractivity contribution in [1.29, 1.82) is 0 Å². The molecule has 0 spiro atoms. The number of carbonyl (C=O) groups is 1. The van der Waals surface area contributed by atoms with Gasteiger partial charge in [0.25, 0.3) is 0 Å². The predicted molar refractivity (Wildman–Crippen MR) is 75.7 cm³/mol. The van der Waals surface area contributed by atoms with Crippen molar-refractivity contribution >= 4 is 27.6 Å². The summed E-state index contributed by atoms with van der Waals surface area (Å²) in [6.45, 7) is 1.23. The molecule has 1 rings (SSSR count). The van der Waals surface area contributed by atoms with E-state index in [4.69, 9.17) is 4.74 Å². The number of halogens is 2. The highest BCUT2D eigenvalue weighted by Gasteiger charge is 2.34. The Kier molecular flexibility index (Phi) is 5.62. The minimum absolute atomic E-state index is 0.0501. The number of nitro benzene ring substituents is 1. The van der Waals surface area contributed by atoms with Crippen molar-refractivity contribution in [2.75, 3.05) is 20.8 Å². The molecule has 1 unspecified atom stereocenters. The Bertz CT molecular complexity index is 569. The number of nitro groups is 1. The van der Waals surface area contributed by atoms with Crippen LogP contribution in [0.4, 0.5) is 10.1 Å². The lowest BCUT2D eigenvalue weighted by atomic mass is 10.1. The molecule has 116 valence electrons. The molecule has 0 saturated heterocycles. The normalized spacial score (nSPS) is 13.4. The number of nitrogens with zero attached hydrogens (tertiary/aromatic N) is 1. The zero-order chi connectivity index (χ0) is 16.2. The van der Waals surface area contributed by atoms with Gasteiger partial charge in [0.05, 0.1) is 16.5 Å². The van der Waals surface area contributed by atoms with Gasteiger partial charge in [0.15, 0.2) is 5.75 Å². The average molecular weight is 365 g/mol. The van der Waals surface area contributed by atoms with Gasteiger partial charge in [-0.05, 0) is 29.9 Å². The van der Waals surface area contributed by atoms with E-state index in [0.29, 0.717) is 0 Å². The van der Waals surface area contributed by atoms with Crippen LogP contribution in [0.1, 0.15) is 6.92 Å². The number of likely N-dealkylation sites (N-methyl/N-ethyl adjacent to an activating group) is 1. The number of esters is 1. The fraction of sp³-hybridized carbons (Fsp3) is 0.417. The van der Waals surface area contributed by atoms with Gasteiger partial charge in [0.2, 0.25) is 0 Å². The molecule has 0 amide bonds. The van der Waals surface area contributed by atoms with Gasteiger partial charge in [0, 0.05) is 12.1 Å². The van der Waals surface area contributed by atoms with Crippen LogP contribution in [0.5, 0.6) is 5.75 Å². The molecule has 0 aliphatic heterocycles. The monoisotopic (exact) mass is 364 g/mol. The number of rotatable bonds is 6. The number of carbonyl (C=O) groups excluding carboxylic acids is 1. The second-order valence-corrected chi connectivity index (χ2v) is 5.21. The molecule has 1 atom stereocenters. The molecule has 1 aromatic carbocycles. The van der Waals surface area contributed by atoms with Gasteiger partial charge in [-0.25, -0.2) is 9.18 Å². The molecule has 0 radical (unpaired) electrons. The lowest BCUT2D eigenvalue weighted by molar-refractivity contribution is -0.386. The van der Waals surface area contributed by atoms with Crippen molar-refractivity contribution in [1.82, 2.24) is 5.32 Å². The molecule has 0 aromatic heterocycles. The van der Waals surface area contributed by atoms with E-state index < -0.39 is 27.9 Å². The van der Waals surface area contributed by atoms with Crippen molar-refractivity contribution in [3.8, 4) is 5.75 Å². The highest BCUT2D eigenvalue weighted by atomic mass is 79.9. The van der Waals surface area contributed by atoms with Crippen LogP contribution in [0.25, 0.3) is 0 Å². The Balaban J connectivity index is 3.05. The Morgan fingerprint density at radius 1 is 1.57 bits per heavy atom. The molecule has 0 aliphatic carbocycles. The average Bonchev–Trinajstić information content (AvgIpc) is 2.46. The number of ether oxygens (including phenoxy) is 2. The molecule has 0 fully saturated rings. The second kappa shape index (κ2) is 6.81. The van der Waals surface area contributed by atoms with E-state index >= 15 is 0 Å². The van der Waals surface area contributed by atoms with Gasteiger partial charge in [0.1, 0.15) is 18.0 Å². The van der Waals surface area contributed by atoms with E-state index in [0.717, 1.165) is 12.1 Å². The third-order valence-electron chi connectivity index (χ3n) is 2.90. The van der Waals surface area contributed by atoms with Crippen molar-refractivity contribution in [3.05, 3.63) is 32.5 Å². The summed E-state index contributed by atoms with van der Waals surface area (Å²) in [6.07, 6.45) is 0. The number of methoxy groups -OCH3 is 1. The number of hydrogen-bond acceptors (Lipinski definition) is 6. The van der Waals surface area contributed by atoms with Gasteiger partial charge >= 0.3 is 11.7 Å². The summed E-state index contributed by atoms with van der Waals surface area (Å²) >= 11 is 2.87. The third kappa shape index (κ3) is 3.88. The molecule has 0 saturated carbocycles. The van der Waals surface area contributed by atoms with E-state index in [1.54, 1.807) is 0 Å². The van der Waals surface area contributed by atoms with E-state index in [1.807, 2.05) is 0 Å². The van der Waals surface area contributed by atoms with Crippen LogP contribution in [0.15, 0.2) is 16.6 Å². The fourth-order valence-corrected chi connectivity index (χ4v) is 1.79. The van der Waals surface area contributed by atoms with Crippen LogP contribution in [0, 0.1) is 15.9 Å². The summed E-state index contributed by atoms with van der Waals surface area (Å²) < 4.78 is 23.3. The maximum Gasteiger partial charge on any atom is 0.329 e. The summed E-state index contributed by atoms with van der Waals surface area (Å²) in [4.78, 5) is 21.9. The topological polar surface area (TPSA) is 90.7 Å². The molecule has 0 aliphatic rings. The molecule has 21 heavy (non-hydrogen) atoms. The molecule has 0 heterocycles. The van der Waals surface area contributed by atoms with Crippen molar-refractivity contribution < 1.29 is 23.6 Å². The minimum atomic E-state index is -1.22. The number of hydrogen-bond donors (Lipinski definition) is 1. The predicted octanol–water partition coefficient (Wildman–Crippen LogP) is 2.03. The van der Waals surface area contributed by atoms with E-state index in [1.165, 1.54) is 21.1 Å². The van der Waals surface area contributed by atoms with Crippen LogP contribution in [-0.4, -0.2) is 37.2 Å². The molecular formula is C12H14BrFN2O5. The lowest BCUT2D eigenvalue weighted by Gasteiger charge is -2.25. The van der Waals surface area contributed by atoms with Gasteiger partial charge in [-0.3, -0.25) is 10.1 Å². The van der Waals surface area contributed by atoms with E-state index in [2.05, 4.69) is 26.0 Å². The molecule has 0 bridgehead atoms. The first-order valence-electron chi connectivity index (χ1n) is 5.78.